The zero-order chi connectivity index (χ0) is 15.2. The number of fused-ring (bicyclic) bond motifs is 1. The van der Waals surface area contributed by atoms with E-state index < -0.39 is 23.1 Å². The lowest BCUT2D eigenvalue weighted by Gasteiger charge is -2.24. The Balaban J connectivity index is 2.33. The molecule has 0 unspecified atom stereocenters. The van der Waals surface area contributed by atoms with E-state index >= 15 is 0 Å². The number of amides is 1. The van der Waals surface area contributed by atoms with Crippen LogP contribution in [0.1, 0.15) is 37.6 Å². The summed E-state index contributed by atoms with van der Waals surface area (Å²) in [4.78, 5) is 25.2. The average Bonchev–Trinajstić information content (AvgIpc) is 2.77. The van der Waals surface area contributed by atoms with E-state index in [2.05, 4.69) is 0 Å². The van der Waals surface area contributed by atoms with Crippen LogP contribution in [0.3, 0.4) is 0 Å². The lowest BCUT2D eigenvalue weighted by molar-refractivity contribution is 0.0239. The minimum Gasteiger partial charge on any atom is -0.444 e. The van der Waals surface area contributed by atoms with Crippen molar-refractivity contribution in [1.82, 2.24) is 9.47 Å². The van der Waals surface area contributed by atoms with Crippen LogP contribution >= 0.6 is 0 Å². The highest BCUT2D eigenvalue weighted by molar-refractivity contribution is 5.69. The highest BCUT2D eigenvalue weighted by atomic mass is 19.1. The fourth-order valence-corrected chi connectivity index (χ4v) is 2.28. The summed E-state index contributed by atoms with van der Waals surface area (Å²) in [5.41, 5.74) is 0.426. The molecule has 5 nitrogen and oxygen atoms in total. The van der Waals surface area contributed by atoms with Crippen LogP contribution < -0.4 is 5.56 Å². The Morgan fingerprint density at radius 1 is 1.30 bits per heavy atom. The van der Waals surface area contributed by atoms with Crippen molar-refractivity contribution in [2.75, 3.05) is 0 Å². The molecule has 2 heterocycles. The van der Waals surface area contributed by atoms with E-state index in [1.54, 1.807) is 27.7 Å². The molecule has 0 aliphatic carbocycles. The van der Waals surface area contributed by atoms with Gasteiger partial charge in [-0.1, -0.05) is 0 Å². The van der Waals surface area contributed by atoms with Gasteiger partial charge in [0.1, 0.15) is 5.60 Å². The monoisotopic (exact) mass is 282 g/mol. The smallest absolute Gasteiger partial charge is 0.410 e. The van der Waals surface area contributed by atoms with Crippen molar-refractivity contribution in [3.05, 3.63) is 33.0 Å². The van der Waals surface area contributed by atoms with Gasteiger partial charge in [0.15, 0.2) is 5.82 Å². The summed E-state index contributed by atoms with van der Waals surface area (Å²) < 4.78 is 20.3. The molecule has 0 atom stereocenters. The average molecular weight is 282 g/mol. The maximum atomic E-state index is 13.8. The van der Waals surface area contributed by atoms with Crippen molar-refractivity contribution < 1.29 is 13.9 Å². The predicted molar refractivity (Wildman–Crippen MR) is 71.9 cm³/mol. The molecule has 110 valence electrons. The number of nitrogens with zero attached hydrogens (tertiary/aromatic N) is 2. The number of halogens is 1. The first kappa shape index (κ1) is 14.6. The first-order valence-corrected chi connectivity index (χ1v) is 6.46. The first-order chi connectivity index (χ1) is 9.11. The van der Waals surface area contributed by atoms with Gasteiger partial charge in [0.2, 0.25) is 0 Å². The number of aromatic nitrogens is 1. The highest BCUT2D eigenvalue weighted by Crippen LogP contribution is 2.26. The number of rotatable bonds is 0. The molecule has 2 rings (SSSR count). The van der Waals surface area contributed by atoms with Crippen LogP contribution in [-0.2, 0) is 24.9 Å². The first-order valence-electron chi connectivity index (χ1n) is 6.46. The molecule has 0 saturated heterocycles. The van der Waals surface area contributed by atoms with Gasteiger partial charge in [0.25, 0.3) is 5.56 Å². The van der Waals surface area contributed by atoms with Crippen molar-refractivity contribution in [3.8, 4) is 0 Å². The molecule has 6 heteroatoms. The number of carbonyl (C=O) groups excluding carboxylic acids is 1. The zero-order valence-corrected chi connectivity index (χ0v) is 12.4. The van der Waals surface area contributed by atoms with Crippen LogP contribution in [0, 0.1) is 12.7 Å². The molecule has 1 aromatic heterocycles. The van der Waals surface area contributed by atoms with Crippen molar-refractivity contribution in [1.29, 1.82) is 0 Å². The van der Waals surface area contributed by atoms with Crippen molar-refractivity contribution in [3.63, 3.8) is 0 Å². The van der Waals surface area contributed by atoms with E-state index in [1.165, 1.54) is 16.5 Å². The SMILES string of the molecule is Cc1c2c(n(C)c(=O)c1F)CN(C(=O)OC(C)(C)C)C2. The normalized spacial score (nSPS) is 14.4. The zero-order valence-electron chi connectivity index (χ0n) is 12.4. The molecule has 0 N–H and O–H groups in total. The topological polar surface area (TPSA) is 51.5 Å². The number of ether oxygens (including phenoxy) is 1. The predicted octanol–water partition coefficient (Wildman–Crippen LogP) is 2.08. The van der Waals surface area contributed by atoms with E-state index in [0.717, 1.165) is 0 Å². The number of carbonyl (C=O) groups is 1. The molecular weight excluding hydrogens is 263 g/mol. The van der Waals surface area contributed by atoms with E-state index in [0.29, 0.717) is 16.8 Å². The third-order valence-electron chi connectivity index (χ3n) is 3.37. The largest absolute Gasteiger partial charge is 0.444 e. The number of hydrogen-bond acceptors (Lipinski definition) is 3. The second kappa shape index (κ2) is 4.61. The van der Waals surface area contributed by atoms with Gasteiger partial charge in [-0.2, -0.15) is 0 Å². The third kappa shape index (κ3) is 2.42. The standard InChI is InChI=1S/C14H19FN2O3/c1-8-9-6-17(13(19)20-14(2,3)4)7-10(9)16(5)12(18)11(8)15/h6-7H2,1-5H3. The summed E-state index contributed by atoms with van der Waals surface area (Å²) in [5.74, 6) is -0.753. The molecule has 0 fully saturated rings. The van der Waals surface area contributed by atoms with Gasteiger partial charge >= 0.3 is 6.09 Å². The minimum absolute atomic E-state index is 0.261. The Morgan fingerprint density at radius 2 is 1.90 bits per heavy atom. The summed E-state index contributed by atoms with van der Waals surface area (Å²) in [6.45, 7) is 7.45. The molecule has 1 aromatic rings. The quantitative estimate of drug-likeness (QED) is 0.732. The molecule has 0 radical (unpaired) electrons. The van der Waals surface area contributed by atoms with E-state index in [-0.39, 0.29) is 13.1 Å². The molecule has 1 amide bonds. The molecule has 0 aromatic carbocycles. The summed E-state index contributed by atoms with van der Waals surface area (Å²) in [7, 11) is 1.52. The Hall–Kier alpha value is -1.85. The highest BCUT2D eigenvalue weighted by Gasteiger charge is 2.31. The summed E-state index contributed by atoms with van der Waals surface area (Å²) in [5, 5.41) is 0. The number of hydrogen-bond donors (Lipinski definition) is 0. The summed E-state index contributed by atoms with van der Waals surface area (Å²) in [6.07, 6.45) is -0.457. The fraction of sp³-hybridized carbons (Fsp3) is 0.571. The van der Waals surface area contributed by atoms with Gasteiger partial charge in [0.05, 0.1) is 13.1 Å². The van der Waals surface area contributed by atoms with Crippen molar-refractivity contribution in [2.24, 2.45) is 7.05 Å². The van der Waals surface area contributed by atoms with Gasteiger partial charge in [-0.3, -0.25) is 9.69 Å². The van der Waals surface area contributed by atoms with Crippen molar-refractivity contribution in [2.45, 2.75) is 46.4 Å². The van der Waals surface area contributed by atoms with E-state index in [1.807, 2.05) is 0 Å². The lowest BCUT2D eigenvalue weighted by Crippen LogP contribution is -2.33. The molecule has 20 heavy (non-hydrogen) atoms. The molecule has 1 aliphatic rings. The minimum atomic E-state index is -0.753. The van der Waals surface area contributed by atoms with Crippen LogP contribution in [0.2, 0.25) is 0 Å². The Labute approximate surface area is 117 Å². The molecule has 0 saturated carbocycles. The molecule has 0 spiro atoms. The van der Waals surface area contributed by atoms with E-state index in [9.17, 15) is 14.0 Å². The van der Waals surface area contributed by atoms with Crippen LogP contribution in [0.4, 0.5) is 9.18 Å². The maximum absolute atomic E-state index is 13.8. The van der Waals surface area contributed by atoms with Crippen molar-refractivity contribution >= 4 is 6.09 Å². The second-order valence-electron chi connectivity index (χ2n) is 6.06. The van der Waals surface area contributed by atoms with Crippen LogP contribution in [-0.4, -0.2) is 21.2 Å². The van der Waals surface area contributed by atoms with Crippen LogP contribution in [0.5, 0.6) is 0 Å². The van der Waals surface area contributed by atoms with E-state index in [4.69, 9.17) is 4.74 Å². The van der Waals surface area contributed by atoms with Gasteiger partial charge in [-0.25, -0.2) is 9.18 Å². The Morgan fingerprint density at radius 3 is 2.45 bits per heavy atom. The molecule has 1 aliphatic heterocycles. The van der Waals surface area contributed by atoms with Gasteiger partial charge in [-0.15, -0.1) is 0 Å². The summed E-state index contributed by atoms with van der Waals surface area (Å²) >= 11 is 0. The Bertz CT molecular complexity index is 629. The third-order valence-corrected chi connectivity index (χ3v) is 3.37. The van der Waals surface area contributed by atoms with Gasteiger partial charge in [-0.05, 0) is 38.8 Å². The maximum Gasteiger partial charge on any atom is 0.410 e. The van der Waals surface area contributed by atoms with Gasteiger partial charge < -0.3 is 9.30 Å². The van der Waals surface area contributed by atoms with Crippen LogP contribution in [0.25, 0.3) is 0 Å². The van der Waals surface area contributed by atoms with Gasteiger partial charge in [0, 0.05) is 12.7 Å². The molecule has 0 bridgehead atoms. The fourth-order valence-electron chi connectivity index (χ4n) is 2.28. The van der Waals surface area contributed by atoms with Crippen LogP contribution in [0.15, 0.2) is 4.79 Å². The summed E-state index contributed by atoms with van der Waals surface area (Å²) in [6, 6.07) is 0. The number of pyridine rings is 1. The molecular formula is C14H19FN2O3. The Kier molecular flexibility index (Phi) is 3.36. The second-order valence-corrected chi connectivity index (χ2v) is 6.06. The lowest BCUT2D eigenvalue weighted by atomic mass is 10.1.